The minimum atomic E-state index is -0.950. The number of carbonyl (C=O) groups is 2. The SMILES string of the molecule is O=C(O)[C@@H]1[C@@H](c2ccccc2)CN1C(=O)COC1CCCC1. The van der Waals surface area contributed by atoms with E-state index < -0.39 is 12.0 Å². The van der Waals surface area contributed by atoms with E-state index in [-0.39, 0.29) is 24.5 Å². The van der Waals surface area contributed by atoms with Crippen molar-refractivity contribution in [1.82, 2.24) is 4.90 Å². The van der Waals surface area contributed by atoms with E-state index in [2.05, 4.69) is 0 Å². The van der Waals surface area contributed by atoms with Crippen molar-refractivity contribution in [2.24, 2.45) is 0 Å². The molecule has 1 aliphatic carbocycles. The topological polar surface area (TPSA) is 66.8 Å². The number of carboxylic acid groups (broad SMARTS) is 1. The van der Waals surface area contributed by atoms with Gasteiger partial charge in [-0.25, -0.2) is 4.79 Å². The number of ether oxygens (including phenoxy) is 1. The van der Waals surface area contributed by atoms with Gasteiger partial charge in [0.05, 0.1) is 6.10 Å². The second-order valence-corrected chi connectivity index (χ2v) is 6.06. The molecule has 3 rings (SSSR count). The molecule has 1 heterocycles. The van der Waals surface area contributed by atoms with Crippen molar-refractivity contribution in [1.29, 1.82) is 0 Å². The van der Waals surface area contributed by atoms with E-state index in [4.69, 9.17) is 4.74 Å². The van der Waals surface area contributed by atoms with Crippen LogP contribution < -0.4 is 0 Å². The highest BCUT2D eigenvalue weighted by Crippen LogP contribution is 2.34. The molecule has 1 N–H and O–H groups in total. The smallest absolute Gasteiger partial charge is 0.327 e. The summed E-state index contributed by atoms with van der Waals surface area (Å²) in [6, 6.07) is 8.73. The van der Waals surface area contributed by atoms with Gasteiger partial charge in [-0.3, -0.25) is 4.79 Å². The fourth-order valence-electron chi connectivity index (χ4n) is 3.38. The van der Waals surface area contributed by atoms with Crippen molar-refractivity contribution in [3.8, 4) is 0 Å². The van der Waals surface area contributed by atoms with Gasteiger partial charge in [0.1, 0.15) is 12.6 Å². The Hall–Kier alpha value is -1.88. The fourth-order valence-corrected chi connectivity index (χ4v) is 3.38. The third-order valence-electron chi connectivity index (χ3n) is 4.66. The molecule has 1 aliphatic heterocycles. The van der Waals surface area contributed by atoms with Crippen LogP contribution in [-0.2, 0) is 14.3 Å². The maximum Gasteiger partial charge on any atom is 0.327 e. The molecule has 22 heavy (non-hydrogen) atoms. The molecule has 118 valence electrons. The van der Waals surface area contributed by atoms with Crippen LogP contribution in [0.2, 0.25) is 0 Å². The molecule has 2 fully saturated rings. The van der Waals surface area contributed by atoms with E-state index in [0.29, 0.717) is 6.54 Å². The Balaban J connectivity index is 1.59. The van der Waals surface area contributed by atoms with Crippen molar-refractivity contribution in [2.75, 3.05) is 13.2 Å². The molecular formula is C17H21NO4. The number of amides is 1. The molecule has 2 atom stereocenters. The summed E-state index contributed by atoms with van der Waals surface area (Å²) in [7, 11) is 0. The second kappa shape index (κ2) is 6.48. The van der Waals surface area contributed by atoms with Gasteiger partial charge < -0.3 is 14.7 Å². The molecule has 0 spiro atoms. The molecule has 0 aromatic heterocycles. The van der Waals surface area contributed by atoms with Crippen LogP contribution in [-0.4, -0.2) is 47.2 Å². The summed E-state index contributed by atoms with van der Waals surface area (Å²) >= 11 is 0. The molecule has 0 unspecified atom stereocenters. The minimum Gasteiger partial charge on any atom is -0.480 e. The molecule has 0 bridgehead atoms. The summed E-state index contributed by atoms with van der Waals surface area (Å²) in [5.74, 6) is -1.30. The summed E-state index contributed by atoms with van der Waals surface area (Å²) < 4.78 is 5.61. The fraction of sp³-hybridized carbons (Fsp3) is 0.529. The number of nitrogens with zero attached hydrogens (tertiary/aromatic N) is 1. The first kappa shape index (κ1) is 15.0. The van der Waals surface area contributed by atoms with Crippen LogP contribution >= 0.6 is 0 Å². The molecule has 1 saturated carbocycles. The second-order valence-electron chi connectivity index (χ2n) is 6.06. The predicted molar refractivity (Wildman–Crippen MR) is 80.5 cm³/mol. The first-order chi connectivity index (χ1) is 10.7. The highest BCUT2D eigenvalue weighted by atomic mass is 16.5. The normalized spacial score (nSPS) is 25.0. The Morgan fingerprint density at radius 1 is 1.18 bits per heavy atom. The highest BCUT2D eigenvalue weighted by Gasteiger charge is 2.47. The predicted octanol–water partition coefficient (Wildman–Crippen LogP) is 2.02. The van der Waals surface area contributed by atoms with Crippen LogP contribution in [0.5, 0.6) is 0 Å². The van der Waals surface area contributed by atoms with Gasteiger partial charge in [-0.1, -0.05) is 43.2 Å². The molecule has 1 aromatic carbocycles. The first-order valence-electron chi connectivity index (χ1n) is 7.85. The van der Waals surface area contributed by atoms with Gasteiger partial charge in [0.2, 0.25) is 5.91 Å². The van der Waals surface area contributed by atoms with Crippen molar-refractivity contribution in [2.45, 2.75) is 43.7 Å². The molecule has 1 saturated heterocycles. The standard InChI is InChI=1S/C17H21NO4/c19-15(11-22-13-8-4-5-9-13)18-10-14(16(18)17(20)21)12-6-2-1-3-7-12/h1-3,6-7,13-14,16H,4-5,8-11H2,(H,20,21)/t14-,16+/m1/s1. The van der Waals surface area contributed by atoms with Crippen LogP contribution in [0.15, 0.2) is 30.3 Å². The van der Waals surface area contributed by atoms with E-state index in [0.717, 1.165) is 31.2 Å². The Morgan fingerprint density at radius 3 is 2.50 bits per heavy atom. The maximum absolute atomic E-state index is 12.2. The Bertz CT molecular complexity index is 539. The van der Waals surface area contributed by atoms with Gasteiger partial charge in [0.15, 0.2) is 0 Å². The van der Waals surface area contributed by atoms with Gasteiger partial charge >= 0.3 is 5.97 Å². The number of hydrogen-bond acceptors (Lipinski definition) is 3. The molecule has 5 nitrogen and oxygen atoms in total. The first-order valence-corrected chi connectivity index (χ1v) is 7.85. The lowest BCUT2D eigenvalue weighted by Crippen LogP contribution is -2.61. The van der Waals surface area contributed by atoms with E-state index >= 15 is 0 Å². The summed E-state index contributed by atoms with van der Waals surface area (Å²) in [5.41, 5.74) is 0.968. The van der Waals surface area contributed by atoms with Gasteiger partial charge in [-0.05, 0) is 18.4 Å². The lowest BCUT2D eigenvalue weighted by Gasteiger charge is -2.45. The average molecular weight is 303 g/mol. The lowest BCUT2D eigenvalue weighted by molar-refractivity contribution is -0.162. The van der Waals surface area contributed by atoms with Crippen LogP contribution in [0.4, 0.5) is 0 Å². The number of aliphatic carboxylic acids is 1. The van der Waals surface area contributed by atoms with Gasteiger partial charge in [0.25, 0.3) is 0 Å². The molecule has 0 radical (unpaired) electrons. The number of carbonyl (C=O) groups excluding carboxylic acids is 1. The third-order valence-corrected chi connectivity index (χ3v) is 4.66. The highest BCUT2D eigenvalue weighted by molar-refractivity contribution is 5.87. The molecule has 1 aromatic rings. The zero-order chi connectivity index (χ0) is 15.5. The Labute approximate surface area is 129 Å². The van der Waals surface area contributed by atoms with E-state index in [1.54, 1.807) is 0 Å². The van der Waals surface area contributed by atoms with Crippen LogP contribution in [0, 0.1) is 0 Å². The monoisotopic (exact) mass is 303 g/mol. The van der Waals surface area contributed by atoms with Crippen LogP contribution in [0.1, 0.15) is 37.2 Å². The van der Waals surface area contributed by atoms with Crippen molar-refractivity contribution in [3.63, 3.8) is 0 Å². The van der Waals surface area contributed by atoms with Crippen molar-refractivity contribution < 1.29 is 19.4 Å². The number of rotatable bonds is 5. The summed E-state index contributed by atoms with van der Waals surface area (Å²) in [4.78, 5) is 25.1. The zero-order valence-electron chi connectivity index (χ0n) is 12.5. The largest absolute Gasteiger partial charge is 0.480 e. The molecule has 2 aliphatic rings. The summed E-state index contributed by atoms with van der Waals surface area (Å²) in [6.07, 6.45) is 4.47. The summed E-state index contributed by atoms with van der Waals surface area (Å²) in [6.45, 7) is 0.448. The average Bonchev–Trinajstić information content (AvgIpc) is 2.98. The molecule has 1 amide bonds. The maximum atomic E-state index is 12.2. The van der Waals surface area contributed by atoms with E-state index in [9.17, 15) is 14.7 Å². The van der Waals surface area contributed by atoms with E-state index in [1.165, 1.54) is 4.90 Å². The van der Waals surface area contributed by atoms with Crippen molar-refractivity contribution >= 4 is 11.9 Å². The number of benzene rings is 1. The zero-order valence-corrected chi connectivity index (χ0v) is 12.5. The quantitative estimate of drug-likeness (QED) is 0.904. The van der Waals surface area contributed by atoms with Gasteiger partial charge in [-0.15, -0.1) is 0 Å². The Kier molecular flexibility index (Phi) is 4.43. The Morgan fingerprint density at radius 2 is 1.86 bits per heavy atom. The van der Waals surface area contributed by atoms with E-state index in [1.807, 2.05) is 30.3 Å². The van der Waals surface area contributed by atoms with Crippen LogP contribution in [0.3, 0.4) is 0 Å². The van der Waals surface area contributed by atoms with Crippen molar-refractivity contribution in [3.05, 3.63) is 35.9 Å². The van der Waals surface area contributed by atoms with Gasteiger partial charge in [-0.2, -0.15) is 0 Å². The lowest BCUT2D eigenvalue weighted by atomic mass is 9.82. The minimum absolute atomic E-state index is 0.00401. The number of carboxylic acids is 1. The van der Waals surface area contributed by atoms with Crippen LogP contribution in [0.25, 0.3) is 0 Å². The van der Waals surface area contributed by atoms with Gasteiger partial charge in [0, 0.05) is 12.5 Å². The number of hydrogen-bond donors (Lipinski definition) is 1. The number of likely N-dealkylation sites (tertiary alicyclic amines) is 1. The summed E-state index contributed by atoms with van der Waals surface area (Å²) in [5, 5.41) is 9.43. The molecule has 5 heteroatoms. The molecular weight excluding hydrogens is 282 g/mol. The third kappa shape index (κ3) is 2.99.